The topological polar surface area (TPSA) is 52.4 Å². The molecule has 2 rings (SSSR count). The zero-order chi connectivity index (χ0) is 14.7. The molecule has 7 heteroatoms. The van der Waals surface area contributed by atoms with E-state index in [0.29, 0.717) is 5.56 Å². The molecular formula is C13H8BrClFNO3. The Bertz CT molecular complexity index is 666. The molecule has 0 aromatic heterocycles. The highest BCUT2D eigenvalue weighted by Gasteiger charge is 2.16. The van der Waals surface area contributed by atoms with Gasteiger partial charge in [-0.3, -0.25) is 10.1 Å². The number of nitrogens with zero attached hydrogens (tertiary/aromatic N) is 1. The molecule has 0 unspecified atom stereocenters. The SMILES string of the molecule is O=[N+]([O-])c1cc(Cl)ccc1OCc1cccc(F)c1Br. The van der Waals surface area contributed by atoms with Crippen molar-refractivity contribution in [2.75, 3.05) is 0 Å². The largest absolute Gasteiger partial charge is 0.482 e. The summed E-state index contributed by atoms with van der Waals surface area (Å²) >= 11 is 8.81. The Kier molecular flexibility index (Phi) is 4.57. The third-order valence-corrected chi connectivity index (χ3v) is 3.66. The van der Waals surface area contributed by atoms with Crippen molar-refractivity contribution in [3.63, 3.8) is 0 Å². The molecule has 0 aliphatic carbocycles. The fraction of sp³-hybridized carbons (Fsp3) is 0.0769. The van der Waals surface area contributed by atoms with Crippen LogP contribution in [0.1, 0.15) is 5.56 Å². The second-order valence-corrected chi connectivity index (χ2v) is 5.10. The summed E-state index contributed by atoms with van der Waals surface area (Å²) in [6.45, 7) is 0.000809. The highest BCUT2D eigenvalue weighted by atomic mass is 79.9. The molecule has 0 saturated carbocycles. The van der Waals surface area contributed by atoms with Crippen LogP contribution in [0.2, 0.25) is 5.02 Å². The first-order valence-corrected chi connectivity index (χ1v) is 6.66. The first-order chi connectivity index (χ1) is 9.49. The predicted octanol–water partition coefficient (Wildman–Crippen LogP) is 4.73. The number of rotatable bonds is 4. The monoisotopic (exact) mass is 359 g/mol. The molecule has 0 heterocycles. The molecular weight excluding hydrogens is 353 g/mol. The molecule has 20 heavy (non-hydrogen) atoms. The third kappa shape index (κ3) is 3.26. The number of nitro benzene ring substituents is 1. The van der Waals surface area contributed by atoms with Crippen LogP contribution in [0.4, 0.5) is 10.1 Å². The number of hydrogen-bond donors (Lipinski definition) is 0. The maximum Gasteiger partial charge on any atom is 0.312 e. The second-order valence-electron chi connectivity index (χ2n) is 3.87. The molecule has 2 aromatic rings. The maximum absolute atomic E-state index is 13.3. The summed E-state index contributed by atoms with van der Waals surface area (Å²) in [6, 6.07) is 8.61. The van der Waals surface area contributed by atoms with Crippen LogP contribution >= 0.6 is 27.5 Å². The van der Waals surface area contributed by atoms with Gasteiger partial charge in [0.25, 0.3) is 0 Å². The fourth-order valence-corrected chi connectivity index (χ4v) is 2.12. The lowest BCUT2D eigenvalue weighted by Crippen LogP contribution is -2.00. The zero-order valence-electron chi connectivity index (χ0n) is 9.98. The third-order valence-electron chi connectivity index (χ3n) is 2.53. The molecule has 0 bridgehead atoms. The number of nitro groups is 1. The molecule has 104 valence electrons. The van der Waals surface area contributed by atoms with Crippen molar-refractivity contribution in [2.45, 2.75) is 6.61 Å². The smallest absolute Gasteiger partial charge is 0.312 e. The van der Waals surface area contributed by atoms with E-state index < -0.39 is 10.7 Å². The molecule has 0 amide bonds. The van der Waals surface area contributed by atoms with Gasteiger partial charge in [0, 0.05) is 16.7 Å². The summed E-state index contributed by atoms with van der Waals surface area (Å²) in [5, 5.41) is 11.2. The zero-order valence-corrected chi connectivity index (χ0v) is 12.3. The lowest BCUT2D eigenvalue weighted by molar-refractivity contribution is -0.385. The fourth-order valence-electron chi connectivity index (χ4n) is 1.57. The highest BCUT2D eigenvalue weighted by molar-refractivity contribution is 9.10. The van der Waals surface area contributed by atoms with E-state index in [-0.39, 0.29) is 27.5 Å². The second kappa shape index (κ2) is 6.19. The van der Waals surface area contributed by atoms with Crippen LogP contribution in [-0.4, -0.2) is 4.92 Å². The van der Waals surface area contributed by atoms with Crippen LogP contribution in [0.3, 0.4) is 0 Å². The summed E-state index contributed by atoms with van der Waals surface area (Å²) in [4.78, 5) is 10.3. The number of ether oxygens (including phenoxy) is 1. The minimum Gasteiger partial charge on any atom is -0.482 e. The van der Waals surface area contributed by atoms with Crippen molar-refractivity contribution in [1.29, 1.82) is 0 Å². The van der Waals surface area contributed by atoms with Gasteiger partial charge in [-0.15, -0.1) is 0 Å². The van der Waals surface area contributed by atoms with Crippen molar-refractivity contribution in [3.05, 3.63) is 67.4 Å². The van der Waals surface area contributed by atoms with E-state index in [9.17, 15) is 14.5 Å². The molecule has 0 aliphatic rings. The van der Waals surface area contributed by atoms with Gasteiger partial charge in [0.05, 0.1) is 9.40 Å². The van der Waals surface area contributed by atoms with Gasteiger partial charge in [0.1, 0.15) is 12.4 Å². The maximum atomic E-state index is 13.3. The van der Waals surface area contributed by atoms with Gasteiger partial charge in [-0.05, 0) is 34.1 Å². The normalized spacial score (nSPS) is 10.3. The van der Waals surface area contributed by atoms with Gasteiger partial charge in [-0.25, -0.2) is 4.39 Å². The van der Waals surface area contributed by atoms with Gasteiger partial charge in [-0.1, -0.05) is 23.7 Å². The van der Waals surface area contributed by atoms with Crippen LogP contribution < -0.4 is 4.74 Å². The van der Waals surface area contributed by atoms with Crippen LogP contribution in [0.15, 0.2) is 40.9 Å². The standard InChI is InChI=1S/C13H8BrClFNO3/c14-13-8(2-1-3-10(13)16)7-20-12-5-4-9(15)6-11(12)17(18)19/h1-6H,7H2. The van der Waals surface area contributed by atoms with E-state index in [4.69, 9.17) is 16.3 Å². The Labute approximate surface area is 127 Å². The Morgan fingerprint density at radius 1 is 1.35 bits per heavy atom. The van der Waals surface area contributed by atoms with Crippen molar-refractivity contribution in [3.8, 4) is 5.75 Å². The predicted molar refractivity (Wildman–Crippen MR) is 76.5 cm³/mol. The molecule has 4 nitrogen and oxygen atoms in total. The van der Waals surface area contributed by atoms with Crippen LogP contribution in [-0.2, 0) is 6.61 Å². The Hall–Kier alpha value is -1.66. The minimum absolute atomic E-state index is 0.000809. The number of hydrogen-bond acceptors (Lipinski definition) is 3. The average molecular weight is 361 g/mol. The van der Waals surface area contributed by atoms with Gasteiger partial charge in [0.15, 0.2) is 5.75 Å². The van der Waals surface area contributed by atoms with E-state index in [2.05, 4.69) is 15.9 Å². The molecule has 0 N–H and O–H groups in total. The van der Waals surface area contributed by atoms with Crippen molar-refractivity contribution in [2.24, 2.45) is 0 Å². The van der Waals surface area contributed by atoms with Crippen LogP contribution in [0.25, 0.3) is 0 Å². The van der Waals surface area contributed by atoms with Crippen molar-refractivity contribution >= 4 is 33.2 Å². The van der Waals surface area contributed by atoms with Gasteiger partial charge >= 0.3 is 5.69 Å². The Balaban J connectivity index is 2.23. The summed E-state index contributed by atoms with van der Waals surface area (Å²) in [5.74, 6) is -0.340. The lowest BCUT2D eigenvalue weighted by atomic mass is 10.2. The molecule has 0 aliphatic heterocycles. The van der Waals surface area contributed by atoms with Gasteiger partial charge in [-0.2, -0.15) is 0 Å². The van der Waals surface area contributed by atoms with E-state index in [1.54, 1.807) is 6.07 Å². The van der Waals surface area contributed by atoms with Crippen molar-refractivity contribution in [1.82, 2.24) is 0 Å². The van der Waals surface area contributed by atoms with Crippen LogP contribution in [0, 0.1) is 15.9 Å². The molecule has 0 spiro atoms. The van der Waals surface area contributed by atoms with Gasteiger partial charge < -0.3 is 4.74 Å². The first-order valence-electron chi connectivity index (χ1n) is 5.48. The van der Waals surface area contributed by atoms with Gasteiger partial charge in [0.2, 0.25) is 0 Å². The van der Waals surface area contributed by atoms with E-state index >= 15 is 0 Å². The molecule has 2 aromatic carbocycles. The van der Waals surface area contributed by atoms with Crippen molar-refractivity contribution < 1.29 is 14.1 Å². The Morgan fingerprint density at radius 2 is 2.10 bits per heavy atom. The molecule has 0 fully saturated rings. The minimum atomic E-state index is -0.582. The summed E-state index contributed by atoms with van der Waals surface area (Å²) in [5.41, 5.74) is 0.319. The first kappa shape index (κ1) is 14.7. The average Bonchev–Trinajstić information content (AvgIpc) is 2.41. The van der Waals surface area contributed by atoms with E-state index in [1.165, 1.54) is 30.3 Å². The van der Waals surface area contributed by atoms with Crippen LogP contribution in [0.5, 0.6) is 5.75 Å². The van der Waals surface area contributed by atoms with E-state index in [0.717, 1.165) is 0 Å². The summed E-state index contributed by atoms with van der Waals surface area (Å²) < 4.78 is 19.0. The number of benzene rings is 2. The highest BCUT2D eigenvalue weighted by Crippen LogP contribution is 2.31. The summed E-state index contributed by atoms with van der Waals surface area (Å²) in [7, 11) is 0. The number of halogens is 3. The summed E-state index contributed by atoms with van der Waals surface area (Å²) in [6.07, 6.45) is 0. The molecule has 0 radical (unpaired) electrons. The lowest BCUT2D eigenvalue weighted by Gasteiger charge is -2.09. The quantitative estimate of drug-likeness (QED) is 0.585. The molecule has 0 saturated heterocycles. The Morgan fingerprint density at radius 3 is 2.80 bits per heavy atom. The molecule has 0 atom stereocenters. The van der Waals surface area contributed by atoms with E-state index in [1.807, 2.05) is 0 Å².